The Balaban J connectivity index is 1.41. The van der Waals surface area contributed by atoms with Crippen molar-refractivity contribution < 1.29 is 26.8 Å². The second kappa shape index (κ2) is 12.0. The van der Waals surface area contributed by atoms with Crippen LogP contribution in [-0.4, -0.2) is 32.8 Å². The van der Waals surface area contributed by atoms with Gasteiger partial charge in [0.05, 0.1) is 31.4 Å². The third-order valence-electron chi connectivity index (χ3n) is 7.17. The van der Waals surface area contributed by atoms with Gasteiger partial charge in [-0.3, -0.25) is 4.98 Å². The van der Waals surface area contributed by atoms with E-state index in [1.54, 1.807) is 80.0 Å². The first-order valence-corrected chi connectivity index (χ1v) is 15.2. The van der Waals surface area contributed by atoms with Gasteiger partial charge in [-0.05, 0) is 71.1 Å². The predicted octanol–water partition coefficient (Wildman–Crippen LogP) is 7.76. The smallest absolute Gasteiger partial charge is 0.265 e. The maximum Gasteiger partial charge on any atom is 0.265 e. The van der Waals surface area contributed by atoms with Crippen LogP contribution in [0, 0.1) is 5.82 Å². The van der Waals surface area contributed by atoms with E-state index in [9.17, 15) is 12.8 Å². The minimum atomic E-state index is -4.08. The zero-order chi connectivity index (χ0) is 30.8. The summed E-state index contributed by atoms with van der Waals surface area (Å²) in [6.07, 6.45) is 2.91. The van der Waals surface area contributed by atoms with E-state index in [-0.39, 0.29) is 23.1 Å². The molecule has 0 fully saturated rings. The molecule has 0 saturated carbocycles. The molecule has 4 aromatic carbocycles. The van der Waals surface area contributed by atoms with Gasteiger partial charge in [0.2, 0.25) is 0 Å². The van der Waals surface area contributed by atoms with Gasteiger partial charge in [-0.1, -0.05) is 47.1 Å². The maximum atomic E-state index is 14.0. The average molecular weight is 630 g/mol. The lowest BCUT2D eigenvalue weighted by molar-refractivity contribution is 0.414. The largest absolute Gasteiger partial charge is 0.497 e. The number of hydrogen-bond acceptors (Lipinski definition) is 7. The van der Waals surface area contributed by atoms with Gasteiger partial charge in [0.25, 0.3) is 10.0 Å². The highest BCUT2D eigenvalue weighted by Gasteiger charge is 2.28. The summed E-state index contributed by atoms with van der Waals surface area (Å²) in [7, 11) is -0.992. The number of pyridine rings is 1. The summed E-state index contributed by atoms with van der Waals surface area (Å²) < 4.78 is 59.1. The Bertz CT molecular complexity index is 2070. The molecule has 6 rings (SSSR count). The molecule has 0 N–H and O–H groups in total. The first-order chi connectivity index (χ1) is 21.3. The molecule has 0 bridgehead atoms. The lowest BCUT2D eigenvalue weighted by Crippen LogP contribution is -2.30. The van der Waals surface area contributed by atoms with E-state index in [4.69, 9.17) is 25.6 Å². The molecule has 0 amide bonds. The van der Waals surface area contributed by atoms with Crippen LogP contribution in [0.15, 0.2) is 113 Å². The summed E-state index contributed by atoms with van der Waals surface area (Å²) in [6, 6.07) is 24.7. The Kier molecular flexibility index (Phi) is 7.94. The van der Waals surface area contributed by atoms with Gasteiger partial charge in [0, 0.05) is 33.8 Å². The first-order valence-electron chi connectivity index (χ1n) is 13.4. The van der Waals surface area contributed by atoms with E-state index in [1.165, 1.54) is 41.9 Å². The molecule has 0 aliphatic carbocycles. The quantitative estimate of drug-likeness (QED) is 0.161. The van der Waals surface area contributed by atoms with Crippen molar-refractivity contribution in [3.8, 4) is 33.9 Å². The van der Waals surface area contributed by atoms with Crippen molar-refractivity contribution >= 4 is 38.2 Å². The van der Waals surface area contributed by atoms with Crippen molar-refractivity contribution in [2.45, 2.75) is 11.4 Å². The summed E-state index contributed by atoms with van der Waals surface area (Å²) in [4.78, 5) is 4.65. The molecule has 8 nitrogen and oxygen atoms in total. The fraction of sp³-hybridized carbons (Fsp3) is 0.0909. The molecular weight excluding hydrogens is 605 g/mol. The van der Waals surface area contributed by atoms with E-state index < -0.39 is 10.0 Å². The number of sulfonamides is 1. The number of ether oxygens (including phenoxy) is 2. The lowest BCUT2D eigenvalue weighted by Gasteiger charge is -2.22. The van der Waals surface area contributed by atoms with Crippen LogP contribution >= 0.6 is 11.6 Å². The Labute approximate surface area is 258 Å². The molecule has 0 atom stereocenters. The molecular formula is C33H25ClFN3O5S. The fourth-order valence-electron chi connectivity index (χ4n) is 4.96. The number of methoxy groups -OCH3 is 2. The van der Waals surface area contributed by atoms with E-state index in [0.29, 0.717) is 49.7 Å². The number of halogens is 2. The SMILES string of the molecule is COc1ccc(CN(c2ccon2)S(=O)(=O)c2ccc3c(-c4cc(Cl)c(-c5cccc(F)c5)cc4OC)nccc3c2)cc1. The van der Waals surface area contributed by atoms with Gasteiger partial charge in [-0.15, -0.1) is 0 Å². The van der Waals surface area contributed by atoms with E-state index in [0.717, 1.165) is 5.56 Å². The molecule has 2 aromatic heterocycles. The van der Waals surface area contributed by atoms with Crippen molar-refractivity contribution in [2.24, 2.45) is 0 Å². The number of benzene rings is 4. The van der Waals surface area contributed by atoms with Crippen LogP contribution in [0.25, 0.3) is 33.2 Å². The maximum absolute atomic E-state index is 14.0. The topological polar surface area (TPSA) is 94.8 Å². The van der Waals surface area contributed by atoms with Crippen LogP contribution in [-0.2, 0) is 16.6 Å². The van der Waals surface area contributed by atoms with Crippen molar-refractivity contribution in [1.29, 1.82) is 0 Å². The zero-order valence-corrected chi connectivity index (χ0v) is 25.1. The summed E-state index contributed by atoms with van der Waals surface area (Å²) in [5.74, 6) is 0.899. The highest BCUT2D eigenvalue weighted by Crippen LogP contribution is 2.41. The Morgan fingerprint density at radius 3 is 2.43 bits per heavy atom. The lowest BCUT2D eigenvalue weighted by atomic mass is 9.98. The van der Waals surface area contributed by atoms with Crippen LogP contribution in [0.3, 0.4) is 0 Å². The van der Waals surface area contributed by atoms with Crippen molar-refractivity contribution in [1.82, 2.24) is 10.1 Å². The molecule has 0 radical (unpaired) electrons. The van der Waals surface area contributed by atoms with Gasteiger partial charge in [-0.25, -0.2) is 17.1 Å². The summed E-state index contributed by atoms with van der Waals surface area (Å²) >= 11 is 6.69. The number of hydrogen-bond donors (Lipinski definition) is 0. The fourth-order valence-corrected chi connectivity index (χ4v) is 6.67. The first kappa shape index (κ1) is 29.2. The predicted molar refractivity (Wildman–Crippen MR) is 167 cm³/mol. The minimum Gasteiger partial charge on any atom is -0.497 e. The van der Waals surface area contributed by atoms with Crippen molar-refractivity contribution in [3.63, 3.8) is 0 Å². The van der Waals surface area contributed by atoms with E-state index >= 15 is 0 Å². The van der Waals surface area contributed by atoms with Crippen molar-refractivity contribution in [3.05, 3.63) is 120 Å². The molecule has 222 valence electrons. The van der Waals surface area contributed by atoms with Crippen LogP contribution in [0.4, 0.5) is 10.2 Å². The highest BCUT2D eigenvalue weighted by atomic mass is 35.5. The normalized spacial score (nSPS) is 11.5. The third-order valence-corrected chi connectivity index (χ3v) is 9.23. The molecule has 0 saturated heterocycles. The highest BCUT2D eigenvalue weighted by molar-refractivity contribution is 7.92. The molecule has 6 aromatic rings. The van der Waals surface area contributed by atoms with Gasteiger partial charge < -0.3 is 14.0 Å². The molecule has 2 heterocycles. The standard InChI is InChI=1S/C33H25ClFN3O5S/c1-41-25-8-6-21(7-9-25)20-38(32-13-15-43-37-32)44(39,40)26-10-11-27-23(17-26)12-14-36-33(27)29-18-30(34)28(19-31(29)42-2)22-4-3-5-24(35)16-22/h3-19H,20H2,1-2H3. The molecule has 0 aliphatic rings. The second-order valence-electron chi connectivity index (χ2n) is 9.80. The van der Waals surface area contributed by atoms with Crippen LogP contribution in [0.2, 0.25) is 5.02 Å². The molecule has 0 spiro atoms. The van der Waals surface area contributed by atoms with E-state index in [2.05, 4.69) is 10.1 Å². The molecule has 0 unspecified atom stereocenters. The number of fused-ring (bicyclic) bond motifs is 1. The van der Waals surface area contributed by atoms with Gasteiger partial charge >= 0.3 is 0 Å². The third kappa shape index (κ3) is 5.57. The van der Waals surface area contributed by atoms with Crippen LogP contribution in [0.1, 0.15) is 5.56 Å². The zero-order valence-electron chi connectivity index (χ0n) is 23.6. The van der Waals surface area contributed by atoms with Crippen molar-refractivity contribution in [2.75, 3.05) is 18.5 Å². The van der Waals surface area contributed by atoms with Crippen LogP contribution < -0.4 is 13.8 Å². The summed E-state index contributed by atoms with van der Waals surface area (Å²) in [6.45, 7) is 0.0197. The summed E-state index contributed by atoms with van der Waals surface area (Å²) in [5, 5.41) is 5.60. The summed E-state index contributed by atoms with van der Waals surface area (Å²) in [5.41, 5.74) is 3.08. The number of nitrogens with zero attached hydrogens (tertiary/aromatic N) is 3. The monoisotopic (exact) mass is 629 g/mol. The van der Waals surface area contributed by atoms with Crippen LogP contribution in [0.5, 0.6) is 11.5 Å². The Morgan fingerprint density at radius 1 is 0.909 bits per heavy atom. The number of aromatic nitrogens is 2. The number of anilines is 1. The van der Waals surface area contributed by atoms with E-state index in [1.807, 2.05) is 0 Å². The molecule has 0 aliphatic heterocycles. The molecule has 11 heteroatoms. The van der Waals surface area contributed by atoms with Gasteiger partial charge in [0.1, 0.15) is 23.6 Å². The van der Waals surface area contributed by atoms with Gasteiger partial charge in [-0.2, -0.15) is 0 Å². The van der Waals surface area contributed by atoms with Gasteiger partial charge in [0.15, 0.2) is 5.82 Å². The average Bonchev–Trinajstić information content (AvgIpc) is 3.58. The Morgan fingerprint density at radius 2 is 1.73 bits per heavy atom. The second-order valence-corrected chi connectivity index (χ2v) is 12.1. The Hall–Kier alpha value is -4.93. The molecule has 44 heavy (non-hydrogen) atoms. The number of rotatable bonds is 9. The minimum absolute atomic E-state index is 0.0197.